The molecule has 6 heteroatoms. The van der Waals surface area contributed by atoms with Gasteiger partial charge in [-0.05, 0) is 25.7 Å². The lowest BCUT2D eigenvalue weighted by Gasteiger charge is -2.30. The predicted molar refractivity (Wildman–Crippen MR) is 102 cm³/mol. The minimum Gasteiger partial charge on any atom is -0.370 e. The molecule has 4 atom stereocenters. The van der Waals surface area contributed by atoms with E-state index in [9.17, 15) is 4.79 Å². The standard InChI is InChI=1S/C21H32N4O2/c26-20(15-5-3-1-2-4-6-15)24-11-16-17-12-25(13-19-22-9-10-23-19)14-21(17)8-7-18(16)27-21/h9-10,15-18H,1-8,11-14H2,(H,22,23)(H,24,26)/t16-,17+,18+,21+/m0/s1. The summed E-state index contributed by atoms with van der Waals surface area (Å²) in [4.78, 5) is 22.8. The number of nitrogens with zero attached hydrogens (tertiary/aromatic N) is 2. The van der Waals surface area contributed by atoms with Gasteiger partial charge >= 0.3 is 0 Å². The molecule has 5 rings (SSSR count). The number of hydrogen-bond donors (Lipinski definition) is 2. The summed E-state index contributed by atoms with van der Waals surface area (Å²) >= 11 is 0. The number of hydrogen-bond acceptors (Lipinski definition) is 4. The smallest absolute Gasteiger partial charge is 0.223 e. The monoisotopic (exact) mass is 372 g/mol. The molecule has 2 bridgehead atoms. The van der Waals surface area contributed by atoms with Crippen molar-refractivity contribution in [3.63, 3.8) is 0 Å². The van der Waals surface area contributed by atoms with E-state index >= 15 is 0 Å². The first-order valence-electron chi connectivity index (χ1n) is 10.9. The van der Waals surface area contributed by atoms with Crippen molar-refractivity contribution in [1.29, 1.82) is 0 Å². The van der Waals surface area contributed by atoms with Crippen LogP contribution in [0.3, 0.4) is 0 Å². The highest BCUT2D eigenvalue weighted by Gasteiger charge is 2.62. The number of rotatable bonds is 5. The Morgan fingerprint density at radius 1 is 1.30 bits per heavy atom. The molecule has 3 aliphatic heterocycles. The van der Waals surface area contributed by atoms with Gasteiger partial charge in [-0.15, -0.1) is 0 Å². The molecule has 4 aliphatic rings. The molecule has 3 saturated heterocycles. The minimum absolute atomic E-state index is 0.0228. The number of aromatic nitrogens is 2. The normalized spacial score (nSPS) is 36.7. The average molecular weight is 373 g/mol. The maximum absolute atomic E-state index is 12.7. The van der Waals surface area contributed by atoms with Gasteiger partial charge < -0.3 is 15.0 Å². The minimum atomic E-state index is 0.0228. The summed E-state index contributed by atoms with van der Waals surface area (Å²) in [7, 11) is 0. The van der Waals surface area contributed by atoms with Gasteiger partial charge in [0, 0.05) is 49.8 Å². The summed E-state index contributed by atoms with van der Waals surface area (Å²) in [6.45, 7) is 3.71. The SMILES string of the molecule is O=C(NC[C@H]1[C@H]2CN(Cc3ncc[nH]3)C[C@]23CC[C@H]1O3)C1CCCCCC1. The second-order valence-electron chi connectivity index (χ2n) is 9.17. The summed E-state index contributed by atoms with van der Waals surface area (Å²) in [6.07, 6.45) is 13.5. The molecule has 4 heterocycles. The van der Waals surface area contributed by atoms with Crippen molar-refractivity contribution in [2.24, 2.45) is 17.8 Å². The lowest BCUT2D eigenvalue weighted by molar-refractivity contribution is -0.125. The third-order valence-electron chi connectivity index (χ3n) is 7.52. The van der Waals surface area contributed by atoms with Crippen molar-refractivity contribution >= 4 is 5.91 Å². The van der Waals surface area contributed by atoms with Crippen LogP contribution in [0.2, 0.25) is 0 Å². The van der Waals surface area contributed by atoms with Crippen LogP contribution in [0.4, 0.5) is 0 Å². The lowest BCUT2D eigenvalue weighted by atomic mass is 9.73. The Bertz CT molecular complexity index is 655. The van der Waals surface area contributed by atoms with Gasteiger partial charge in [-0.3, -0.25) is 9.69 Å². The second-order valence-corrected chi connectivity index (χ2v) is 9.17. The highest BCUT2D eigenvalue weighted by molar-refractivity contribution is 5.78. The van der Waals surface area contributed by atoms with Crippen LogP contribution in [0.25, 0.3) is 0 Å². The average Bonchev–Trinajstić information content (AvgIpc) is 3.39. The number of nitrogens with one attached hydrogen (secondary N) is 2. The summed E-state index contributed by atoms with van der Waals surface area (Å²) in [5, 5.41) is 3.32. The van der Waals surface area contributed by atoms with Crippen LogP contribution in [0.1, 0.15) is 57.2 Å². The number of likely N-dealkylation sites (tertiary alicyclic amines) is 1. The lowest BCUT2D eigenvalue weighted by Crippen LogP contribution is -2.43. The van der Waals surface area contributed by atoms with Crippen molar-refractivity contribution in [2.75, 3.05) is 19.6 Å². The molecule has 4 fully saturated rings. The van der Waals surface area contributed by atoms with Crippen molar-refractivity contribution in [2.45, 2.75) is 69.6 Å². The molecule has 0 radical (unpaired) electrons. The third-order valence-corrected chi connectivity index (χ3v) is 7.52. The zero-order valence-corrected chi connectivity index (χ0v) is 16.2. The van der Waals surface area contributed by atoms with Crippen LogP contribution < -0.4 is 5.32 Å². The first-order chi connectivity index (χ1) is 13.2. The largest absolute Gasteiger partial charge is 0.370 e. The highest BCUT2D eigenvalue weighted by Crippen LogP contribution is 2.54. The number of carbonyl (C=O) groups excluding carboxylic acids is 1. The maximum Gasteiger partial charge on any atom is 0.223 e. The summed E-state index contributed by atoms with van der Waals surface area (Å²) in [6, 6.07) is 0. The Kier molecular flexibility index (Phi) is 4.72. The first-order valence-corrected chi connectivity index (χ1v) is 10.9. The van der Waals surface area contributed by atoms with Crippen LogP contribution >= 0.6 is 0 Å². The number of fused-ring (bicyclic) bond motifs is 1. The molecule has 1 amide bonds. The molecule has 1 aromatic rings. The summed E-state index contributed by atoms with van der Waals surface area (Å²) in [5.74, 6) is 2.56. The van der Waals surface area contributed by atoms with Crippen LogP contribution in [0.15, 0.2) is 12.4 Å². The molecular weight excluding hydrogens is 340 g/mol. The Balaban J connectivity index is 1.20. The van der Waals surface area contributed by atoms with Crippen molar-refractivity contribution in [3.8, 4) is 0 Å². The number of amides is 1. The quantitative estimate of drug-likeness (QED) is 0.779. The molecule has 0 aromatic carbocycles. The van der Waals surface area contributed by atoms with E-state index in [0.717, 1.165) is 51.3 Å². The van der Waals surface area contributed by atoms with Crippen molar-refractivity contribution < 1.29 is 9.53 Å². The van der Waals surface area contributed by atoms with Gasteiger partial charge in [0.1, 0.15) is 5.82 Å². The van der Waals surface area contributed by atoms with Crippen LogP contribution in [-0.4, -0.2) is 52.1 Å². The Hall–Kier alpha value is -1.40. The number of H-pyrrole nitrogens is 1. The van der Waals surface area contributed by atoms with Crippen LogP contribution in [0, 0.1) is 17.8 Å². The van der Waals surface area contributed by atoms with Gasteiger partial charge in [0.15, 0.2) is 0 Å². The van der Waals surface area contributed by atoms with Crippen molar-refractivity contribution in [3.05, 3.63) is 18.2 Å². The van der Waals surface area contributed by atoms with Crippen molar-refractivity contribution in [1.82, 2.24) is 20.2 Å². The molecule has 148 valence electrons. The molecule has 6 nitrogen and oxygen atoms in total. The van der Waals surface area contributed by atoms with Gasteiger partial charge in [-0.2, -0.15) is 0 Å². The molecule has 1 saturated carbocycles. The topological polar surface area (TPSA) is 70.2 Å². The van der Waals surface area contributed by atoms with E-state index < -0.39 is 0 Å². The Morgan fingerprint density at radius 2 is 2.15 bits per heavy atom. The third kappa shape index (κ3) is 3.31. The predicted octanol–water partition coefficient (Wildman–Crippen LogP) is 2.48. The Morgan fingerprint density at radius 3 is 2.93 bits per heavy atom. The number of ether oxygens (including phenoxy) is 1. The number of aromatic amines is 1. The Labute approximate surface area is 161 Å². The van der Waals surface area contributed by atoms with E-state index in [4.69, 9.17) is 4.74 Å². The highest BCUT2D eigenvalue weighted by atomic mass is 16.5. The van der Waals surface area contributed by atoms with E-state index in [1.165, 1.54) is 32.1 Å². The molecule has 1 aromatic heterocycles. The second kappa shape index (κ2) is 7.21. The number of carbonyl (C=O) groups is 1. The molecule has 0 unspecified atom stereocenters. The fourth-order valence-corrected chi connectivity index (χ4v) is 6.18. The molecule has 1 aliphatic carbocycles. The van der Waals surface area contributed by atoms with Gasteiger partial charge in [0.2, 0.25) is 5.91 Å². The van der Waals surface area contributed by atoms with E-state index in [0.29, 0.717) is 23.8 Å². The van der Waals surface area contributed by atoms with E-state index in [-0.39, 0.29) is 11.5 Å². The molecule has 27 heavy (non-hydrogen) atoms. The van der Waals surface area contributed by atoms with E-state index in [1.807, 2.05) is 12.4 Å². The van der Waals surface area contributed by atoms with Crippen LogP contribution in [0.5, 0.6) is 0 Å². The zero-order valence-electron chi connectivity index (χ0n) is 16.2. The molecular formula is C21H32N4O2. The van der Waals surface area contributed by atoms with Gasteiger partial charge in [0.25, 0.3) is 0 Å². The first kappa shape index (κ1) is 17.7. The van der Waals surface area contributed by atoms with Gasteiger partial charge in [-0.25, -0.2) is 4.98 Å². The van der Waals surface area contributed by atoms with E-state index in [2.05, 4.69) is 20.2 Å². The van der Waals surface area contributed by atoms with Gasteiger partial charge in [-0.1, -0.05) is 25.7 Å². The molecule has 2 N–H and O–H groups in total. The maximum atomic E-state index is 12.7. The van der Waals surface area contributed by atoms with Crippen LogP contribution in [-0.2, 0) is 16.1 Å². The fraction of sp³-hybridized carbons (Fsp3) is 0.810. The van der Waals surface area contributed by atoms with E-state index in [1.54, 1.807) is 0 Å². The molecule has 1 spiro atoms. The zero-order chi connectivity index (χ0) is 18.3. The summed E-state index contributed by atoms with van der Waals surface area (Å²) < 4.78 is 6.52. The van der Waals surface area contributed by atoms with Gasteiger partial charge in [0.05, 0.1) is 18.2 Å². The summed E-state index contributed by atoms with van der Waals surface area (Å²) in [5.41, 5.74) is 0.0228. The fourth-order valence-electron chi connectivity index (χ4n) is 6.18. The number of imidazole rings is 1.